The van der Waals surface area contributed by atoms with Gasteiger partial charge in [0.15, 0.2) is 0 Å². The summed E-state index contributed by atoms with van der Waals surface area (Å²) >= 11 is 0. The Bertz CT molecular complexity index is 237. The third-order valence-corrected chi connectivity index (χ3v) is 4.09. The standard InChI is InChI=1S/C13H25N3/c1-2-16-10-6-7-12(16)11-15-13-8-4-3-5-9-14-13/h12H,2-11H2,1H3,(H,14,15)/p+2/t12-/m0/s1. The quantitative estimate of drug-likeness (QED) is 0.548. The lowest BCUT2D eigenvalue weighted by molar-refractivity contribution is -0.909. The lowest BCUT2D eigenvalue weighted by Gasteiger charge is -2.18. The summed E-state index contributed by atoms with van der Waals surface area (Å²) in [5, 5.41) is 3.65. The van der Waals surface area contributed by atoms with Crippen LogP contribution in [-0.4, -0.2) is 38.1 Å². The van der Waals surface area contributed by atoms with Crippen molar-refractivity contribution in [3.05, 3.63) is 0 Å². The van der Waals surface area contributed by atoms with Crippen LogP contribution in [0.25, 0.3) is 0 Å². The molecule has 0 spiro atoms. The fourth-order valence-corrected chi connectivity index (χ4v) is 3.02. The van der Waals surface area contributed by atoms with Gasteiger partial charge in [0.1, 0.15) is 12.6 Å². The van der Waals surface area contributed by atoms with Gasteiger partial charge in [0.25, 0.3) is 0 Å². The summed E-state index contributed by atoms with van der Waals surface area (Å²) < 4.78 is 0. The van der Waals surface area contributed by atoms with Gasteiger partial charge < -0.3 is 4.90 Å². The molecule has 2 heterocycles. The van der Waals surface area contributed by atoms with E-state index in [2.05, 4.69) is 17.2 Å². The molecular formula is C13H27N3+2. The molecule has 3 nitrogen and oxygen atoms in total. The molecule has 0 bridgehead atoms. The fourth-order valence-electron chi connectivity index (χ4n) is 3.02. The molecule has 2 aliphatic heterocycles. The van der Waals surface area contributed by atoms with Crippen LogP contribution in [0, 0.1) is 0 Å². The molecule has 1 fully saturated rings. The Kier molecular flexibility index (Phi) is 4.64. The SMILES string of the molecule is CC[NH+]1CCC[C@H]1CNC1=[NH+]CCCCC1. The van der Waals surface area contributed by atoms with Crippen molar-refractivity contribution in [2.75, 3.05) is 26.2 Å². The second-order valence-corrected chi connectivity index (χ2v) is 5.20. The van der Waals surface area contributed by atoms with E-state index in [0.29, 0.717) is 0 Å². The molecule has 0 aromatic heterocycles. The summed E-state index contributed by atoms with van der Waals surface area (Å²) in [5.41, 5.74) is 0. The Morgan fingerprint density at radius 2 is 2.25 bits per heavy atom. The van der Waals surface area contributed by atoms with Crippen LogP contribution < -0.4 is 15.2 Å². The highest BCUT2D eigenvalue weighted by Crippen LogP contribution is 2.01. The smallest absolute Gasteiger partial charge is 0.242 e. The summed E-state index contributed by atoms with van der Waals surface area (Å²) in [7, 11) is 0. The van der Waals surface area contributed by atoms with Crippen LogP contribution in [-0.2, 0) is 0 Å². The molecule has 3 heteroatoms. The van der Waals surface area contributed by atoms with Crippen LogP contribution in [0.1, 0.15) is 45.4 Å². The van der Waals surface area contributed by atoms with Crippen molar-refractivity contribution in [2.24, 2.45) is 0 Å². The van der Waals surface area contributed by atoms with Gasteiger partial charge in [0, 0.05) is 19.3 Å². The predicted octanol–water partition coefficient (Wildman–Crippen LogP) is -1.30. The number of likely N-dealkylation sites (N-methyl/N-ethyl adjacent to an activating group) is 1. The van der Waals surface area contributed by atoms with Crippen molar-refractivity contribution < 1.29 is 9.89 Å². The van der Waals surface area contributed by atoms with Crippen LogP contribution in [0.3, 0.4) is 0 Å². The number of nitrogens with one attached hydrogen (secondary N) is 3. The number of likely N-dealkylation sites (tertiary alicyclic amines) is 1. The third-order valence-electron chi connectivity index (χ3n) is 4.09. The highest BCUT2D eigenvalue weighted by molar-refractivity contribution is 5.76. The molecule has 0 aliphatic carbocycles. The average molecular weight is 225 g/mol. The summed E-state index contributed by atoms with van der Waals surface area (Å²) in [6.45, 7) is 7.31. The zero-order valence-electron chi connectivity index (χ0n) is 10.6. The van der Waals surface area contributed by atoms with Crippen molar-refractivity contribution in [3.8, 4) is 0 Å². The van der Waals surface area contributed by atoms with Crippen LogP contribution in [0.4, 0.5) is 0 Å². The molecule has 0 radical (unpaired) electrons. The number of hydrogen-bond acceptors (Lipinski definition) is 1. The molecule has 0 aromatic carbocycles. The van der Waals surface area contributed by atoms with Crippen LogP contribution in [0.5, 0.6) is 0 Å². The maximum Gasteiger partial charge on any atom is 0.242 e. The van der Waals surface area contributed by atoms with E-state index >= 15 is 0 Å². The van der Waals surface area contributed by atoms with Crippen molar-refractivity contribution in [1.29, 1.82) is 0 Å². The largest absolute Gasteiger partial charge is 0.329 e. The lowest BCUT2D eigenvalue weighted by Crippen LogP contribution is -3.14. The molecule has 1 unspecified atom stereocenters. The minimum absolute atomic E-state index is 0.850. The normalized spacial score (nSPS) is 30.9. The van der Waals surface area contributed by atoms with Gasteiger partial charge in [0.2, 0.25) is 5.84 Å². The van der Waals surface area contributed by atoms with E-state index in [1.807, 2.05) is 0 Å². The van der Waals surface area contributed by atoms with E-state index in [4.69, 9.17) is 0 Å². The molecule has 3 N–H and O–H groups in total. The minimum Gasteiger partial charge on any atom is -0.329 e. The fraction of sp³-hybridized carbons (Fsp3) is 0.923. The van der Waals surface area contributed by atoms with Gasteiger partial charge in [0.05, 0.1) is 19.6 Å². The van der Waals surface area contributed by atoms with E-state index in [1.165, 1.54) is 64.0 Å². The molecule has 0 saturated carbocycles. The van der Waals surface area contributed by atoms with Gasteiger partial charge in [-0.3, -0.25) is 10.3 Å². The Balaban J connectivity index is 1.75. The molecule has 2 atom stereocenters. The van der Waals surface area contributed by atoms with Crippen molar-refractivity contribution in [2.45, 2.75) is 51.5 Å². The van der Waals surface area contributed by atoms with Gasteiger partial charge in [-0.15, -0.1) is 0 Å². The van der Waals surface area contributed by atoms with Crippen molar-refractivity contribution in [3.63, 3.8) is 0 Å². The summed E-state index contributed by atoms with van der Waals surface area (Å²) in [4.78, 5) is 5.33. The maximum absolute atomic E-state index is 3.65. The van der Waals surface area contributed by atoms with E-state index in [1.54, 1.807) is 4.90 Å². The first-order valence-electron chi connectivity index (χ1n) is 7.08. The van der Waals surface area contributed by atoms with E-state index < -0.39 is 0 Å². The second-order valence-electron chi connectivity index (χ2n) is 5.20. The Labute approximate surface area is 99.3 Å². The molecule has 1 saturated heterocycles. The summed E-state index contributed by atoms with van der Waals surface area (Å²) in [6.07, 6.45) is 8.12. The maximum atomic E-state index is 3.65. The van der Waals surface area contributed by atoms with E-state index in [-0.39, 0.29) is 0 Å². The van der Waals surface area contributed by atoms with Gasteiger partial charge in [-0.05, 0) is 26.2 Å². The molecular weight excluding hydrogens is 198 g/mol. The van der Waals surface area contributed by atoms with Gasteiger partial charge >= 0.3 is 0 Å². The van der Waals surface area contributed by atoms with E-state index in [9.17, 15) is 0 Å². The topological polar surface area (TPSA) is 30.4 Å². The molecule has 2 aliphatic rings. The van der Waals surface area contributed by atoms with Crippen molar-refractivity contribution in [1.82, 2.24) is 5.32 Å². The molecule has 0 aromatic rings. The molecule has 2 rings (SSSR count). The highest BCUT2D eigenvalue weighted by atomic mass is 15.2. The minimum atomic E-state index is 0.850. The Morgan fingerprint density at radius 3 is 3.12 bits per heavy atom. The summed E-state index contributed by atoms with van der Waals surface area (Å²) in [5.74, 6) is 1.40. The molecule has 0 amide bonds. The molecule has 16 heavy (non-hydrogen) atoms. The van der Waals surface area contributed by atoms with Crippen LogP contribution in [0.15, 0.2) is 0 Å². The van der Waals surface area contributed by atoms with Crippen LogP contribution >= 0.6 is 0 Å². The zero-order chi connectivity index (χ0) is 11.2. The monoisotopic (exact) mass is 225 g/mol. The number of hydrogen-bond donors (Lipinski definition) is 3. The lowest BCUT2D eigenvalue weighted by atomic mass is 10.2. The van der Waals surface area contributed by atoms with Crippen LogP contribution in [0.2, 0.25) is 0 Å². The average Bonchev–Trinajstić information content (AvgIpc) is 2.60. The first-order valence-corrected chi connectivity index (χ1v) is 7.08. The second kappa shape index (κ2) is 6.24. The van der Waals surface area contributed by atoms with Gasteiger partial charge in [-0.25, -0.2) is 0 Å². The summed E-state index contributed by atoms with van der Waals surface area (Å²) in [6, 6.07) is 0.850. The first kappa shape index (κ1) is 11.9. The Hall–Kier alpha value is -0.570. The number of rotatable bonds is 3. The highest BCUT2D eigenvalue weighted by Gasteiger charge is 2.28. The van der Waals surface area contributed by atoms with Gasteiger partial charge in [-0.2, -0.15) is 0 Å². The number of quaternary nitrogens is 1. The van der Waals surface area contributed by atoms with Crippen molar-refractivity contribution >= 4 is 5.84 Å². The third kappa shape index (κ3) is 3.21. The predicted molar refractivity (Wildman–Crippen MR) is 66.7 cm³/mol. The van der Waals surface area contributed by atoms with E-state index in [0.717, 1.165) is 12.6 Å². The Morgan fingerprint density at radius 1 is 1.31 bits per heavy atom. The zero-order valence-corrected chi connectivity index (χ0v) is 10.6. The number of amidine groups is 1. The first-order chi connectivity index (χ1) is 7.90. The van der Waals surface area contributed by atoms with Gasteiger partial charge in [-0.1, -0.05) is 0 Å². The molecule has 92 valence electrons.